The number of unbranched alkanes of at least 4 members (excludes halogenated alkanes) is 1. The number of ether oxygens (including phenoxy) is 1. The maximum atomic E-state index is 12.6. The van der Waals surface area contributed by atoms with Gasteiger partial charge >= 0.3 is 6.03 Å². The average Bonchev–Trinajstić information content (AvgIpc) is 2.78. The van der Waals surface area contributed by atoms with Gasteiger partial charge in [0, 0.05) is 56.6 Å². The molecule has 3 rings (SSSR count). The zero-order chi connectivity index (χ0) is 21.3. The number of nitriles is 1. The highest BCUT2D eigenvalue weighted by atomic mass is 16.6. The van der Waals surface area contributed by atoms with Crippen molar-refractivity contribution in [2.75, 3.05) is 43.0 Å². The molecule has 2 aromatic rings. The monoisotopic (exact) mass is 410 g/mol. The number of non-ortho nitro benzene ring substituents is 1. The Kier molecular flexibility index (Phi) is 7.00. The molecule has 10 nitrogen and oxygen atoms in total. The van der Waals surface area contributed by atoms with Crippen LogP contribution in [0.2, 0.25) is 0 Å². The first-order chi connectivity index (χ1) is 14.6. The Balaban J connectivity index is 1.53. The second-order valence-corrected chi connectivity index (χ2v) is 6.64. The summed E-state index contributed by atoms with van der Waals surface area (Å²) >= 11 is 0. The number of hydrogen-bond donors (Lipinski definition) is 1. The van der Waals surface area contributed by atoms with Crippen LogP contribution in [-0.2, 0) is 0 Å². The van der Waals surface area contributed by atoms with Crippen LogP contribution in [0.5, 0.6) is 5.75 Å². The molecule has 0 atom stereocenters. The van der Waals surface area contributed by atoms with E-state index in [-0.39, 0.29) is 11.7 Å². The number of carbonyl (C=O) groups is 1. The minimum Gasteiger partial charge on any atom is -0.490 e. The highest BCUT2D eigenvalue weighted by Gasteiger charge is 2.23. The topological polar surface area (TPSA) is 125 Å². The predicted octanol–water partition coefficient (Wildman–Crippen LogP) is 3.03. The molecule has 0 unspecified atom stereocenters. The summed E-state index contributed by atoms with van der Waals surface area (Å²) in [5.74, 6) is 0.811. The molecule has 2 amide bonds. The van der Waals surface area contributed by atoms with Crippen molar-refractivity contribution in [2.24, 2.45) is 0 Å². The van der Waals surface area contributed by atoms with Crippen LogP contribution in [0.3, 0.4) is 0 Å². The Labute approximate surface area is 173 Å². The zero-order valence-corrected chi connectivity index (χ0v) is 16.4. The van der Waals surface area contributed by atoms with Gasteiger partial charge in [-0.25, -0.2) is 9.78 Å². The summed E-state index contributed by atoms with van der Waals surface area (Å²) in [5, 5.41) is 22.2. The smallest absolute Gasteiger partial charge is 0.323 e. The van der Waals surface area contributed by atoms with Gasteiger partial charge in [-0.3, -0.25) is 15.4 Å². The maximum absolute atomic E-state index is 12.6. The van der Waals surface area contributed by atoms with E-state index in [9.17, 15) is 14.9 Å². The van der Waals surface area contributed by atoms with Crippen molar-refractivity contribution in [1.29, 1.82) is 5.26 Å². The lowest BCUT2D eigenvalue weighted by Gasteiger charge is -2.36. The van der Waals surface area contributed by atoms with E-state index in [1.54, 1.807) is 35.4 Å². The van der Waals surface area contributed by atoms with Gasteiger partial charge in [0.05, 0.1) is 17.6 Å². The van der Waals surface area contributed by atoms with Crippen molar-refractivity contribution in [3.05, 3.63) is 52.7 Å². The number of anilines is 2. The third-order valence-electron chi connectivity index (χ3n) is 4.68. The minimum absolute atomic E-state index is 0.0535. The van der Waals surface area contributed by atoms with E-state index in [4.69, 9.17) is 10.00 Å². The highest BCUT2D eigenvalue weighted by molar-refractivity contribution is 5.89. The SMILES string of the molecule is N#CCCCOc1cccnc1NC(=O)N1CCN(c2ccc([N+](=O)[O-])cc2)CC1. The first-order valence-electron chi connectivity index (χ1n) is 9.58. The summed E-state index contributed by atoms with van der Waals surface area (Å²) in [6.45, 7) is 2.62. The molecule has 0 bridgehead atoms. The van der Waals surface area contributed by atoms with E-state index < -0.39 is 4.92 Å². The summed E-state index contributed by atoms with van der Waals surface area (Å²) in [4.78, 5) is 31.0. The van der Waals surface area contributed by atoms with Crippen LogP contribution in [-0.4, -0.2) is 53.6 Å². The number of benzene rings is 1. The Hall–Kier alpha value is -3.87. The fourth-order valence-electron chi connectivity index (χ4n) is 3.07. The molecule has 1 aliphatic rings. The van der Waals surface area contributed by atoms with Crippen molar-refractivity contribution in [2.45, 2.75) is 12.8 Å². The van der Waals surface area contributed by atoms with Gasteiger partial charge in [0.1, 0.15) is 0 Å². The minimum atomic E-state index is -0.425. The fourth-order valence-corrected chi connectivity index (χ4v) is 3.07. The summed E-state index contributed by atoms with van der Waals surface area (Å²) in [5.41, 5.74) is 0.941. The van der Waals surface area contributed by atoms with Gasteiger partial charge in [0.2, 0.25) is 0 Å². The van der Waals surface area contributed by atoms with Crippen LogP contribution in [0.15, 0.2) is 42.6 Å². The highest BCUT2D eigenvalue weighted by Crippen LogP contribution is 2.23. The molecule has 156 valence electrons. The lowest BCUT2D eigenvalue weighted by atomic mass is 10.2. The third kappa shape index (κ3) is 5.35. The summed E-state index contributed by atoms with van der Waals surface area (Å²) in [6.07, 6.45) is 2.58. The summed E-state index contributed by atoms with van der Waals surface area (Å²) in [6, 6.07) is 11.6. The van der Waals surface area contributed by atoms with Gasteiger partial charge in [-0.2, -0.15) is 5.26 Å². The first-order valence-corrected chi connectivity index (χ1v) is 9.58. The quantitative estimate of drug-likeness (QED) is 0.422. The molecular formula is C20H22N6O4. The molecule has 1 fully saturated rings. The lowest BCUT2D eigenvalue weighted by Crippen LogP contribution is -2.50. The Morgan fingerprint density at radius 1 is 1.23 bits per heavy atom. The van der Waals surface area contributed by atoms with E-state index in [1.165, 1.54) is 12.1 Å². The van der Waals surface area contributed by atoms with Gasteiger partial charge in [-0.05, 0) is 30.7 Å². The first kappa shape index (κ1) is 20.9. The zero-order valence-electron chi connectivity index (χ0n) is 16.4. The van der Waals surface area contributed by atoms with Crippen LogP contribution in [0.1, 0.15) is 12.8 Å². The van der Waals surface area contributed by atoms with Gasteiger partial charge in [-0.1, -0.05) is 0 Å². The van der Waals surface area contributed by atoms with E-state index in [0.29, 0.717) is 57.2 Å². The molecule has 0 radical (unpaired) electrons. The van der Waals surface area contributed by atoms with Gasteiger partial charge in [0.15, 0.2) is 11.6 Å². The molecule has 10 heteroatoms. The van der Waals surface area contributed by atoms with Crippen molar-refractivity contribution < 1.29 is 14.5 Å². The van der Waals surface area contributed by atoms with Crippen LogP contribution in [0, 0.1) is 21.4 Å². The Morgan fingerprint density at radius 2 is 1.97 bits per heavy atom. The number of nitrogens with zero attached hydrogens (tertiary/aromatic N) is 5. The molecule has 2 heterocycles. The van der Waals surface area contributed by atoms with E-state index in [2.05, 4.69) is 21.3 Å². The number of hydrogen-bond acceptors (Lipinski definition) is 7. The van der Waals surface area contributed by atoms with Crippen LogP contribution >= 0.6 is 0 Å². The molecule has 0 aliphatic carbocycles. The third-order valence-corrected chi connectivity index (χ3v) is 4.68. The van der Waals surface area contributed by atoms with Gasteiger partial charge in [-0.15, -0.1) is 0 Å². The van der Waals surface area contributed by atoms with Crippen LogP contribution in [0.4, 0.5) is 22.0 Å². The number of amides is 2. The number of aromatic nitrogens is 1. The van der Waals surface area contributed by atoms with E-state index in [1.807, 2.05) is 0 Å². The number of urea groups is 1. The molecule has 1 saturated heterocycles. The Morgan fingerprint density at radius 3 is 2.63 bits per heavy atom. The largest absolute Gasteiger partial charge is 0.490 e. The lowest BCUT2D eigenvalue weighted by molar-refractivity contribution is -0.384. The van der Waals surface area contributed by atoms with Crippen molar-refractivity contribution >= 4 is 23.2 Å². The van der Waals surface area contributed by atoms with Crippen molar-refractivity contribution in [1.82, 2.24) is 9.88 Å². The molecule has 1 N–H and O–H groups in total. The molecule has 1 aliphatic heterocycles. The van der Waals surface area contributed by atoms with E-state index in [0.717, 1.165) is 5.69 Å². The normalized spacial score (nSPS) is 13.4. The average molecular weight is 410 g/mol. The number of piperazine rings is 1. The second-order valence-electron chi connectivity index (χ2n) is 6.64. The standard InChI is InChI=1S/C20H22N6O4/c21-9-1-2-15-30-18-4-3-10-22-19(18)23-20(27)25-13-11-24(12-14-25)16-5-7-17(8-6-16)26(28)29/h3-8,10H,1-2,11-15H2,(H,22,23,27). The number of rotatable bonds is 7. The van der Waals surface area contributed by atoms with Crippen LogP contribution in [0.25, 0.3) is 0 Å². The Bertz CT molecular complexity index is 920. The molecule has 1 aromatic carbocycles. The van der Waals surface area contributed by atoms with Gasteiger partial charge < -0.3 is 14.5 Å². The number of nitro groups is 1. The molecule has 0 spiro atoms. The number of nitrogens with one attached hydrogen (secondary N) is 1. The number of pyridine rings is 1. The number of nitro benzene ring substituents is 1. The van der Waals surface area contributed by atoms with Crippen molar-refractivity contribution in [3.8, 4) is 11.8 Å². The maximum Gasteiger partial charge on any atom is 0.323 e. The van der Waals surface area contributed by atoms with E-state index >= 15 is 0 Å². The molecule has 30 heavy (non-hydrogen) atoms. The van der Waals surface area contributed by atoms with Gasteiger partial charge in [0.25, 0.3) is 5.69 Å². The fraction of sp³-hybridized carbons (Fsp3) is 0.350. The summed E-state index contributed by atoms with van der Waals surface area (Å²) < 4.78 is 5.63. The summed E-state index contributed by atoms with van der Waals surface area (Å²) in [7, 11) is 0. The predicted molar refractivity (Wildman–Crippen MR) is 110 cm³/mol. The van der Waals surface area contributed by atoms with Crippen LogP contribution < -0.4 is 15.0 Å². The second kappa shape index (κ2) is 10.1. The number of carbonyl (C=O) groups excluding carboxylic acids is 1. The molecule has 0 saturated carbocycles. The molecular weight excluding hydrogens is 388 g/mol. The van der Waals surface area contributed by atoms with Crippen molar-refractivity contribution in [3.63, 3.8) is 0 Å². The molecule has 1 aromatic heterocycles.